The molecule has 0 radical (unpaired) electrons. The number of non-ortho nitro benzene ring substituents is 1. The molecule has 1 amide bonds. The van der Waals surface area contributed by atoms with E-state index < -0.39 is 22.5 Å². The minimum absolute atomic E-state index is 0.0481. The first-order valence-corrected chi connectivity index (χ1v) is 9.08. The molecule has 9 nitrogen and oxygen atoms in total. The maximum absolute atomic E-state index is 13.6. The summed E-state index contributed by atoms with van der Waals surface area (Å²) in [6.07, 6.45) is 3.62. The number of fused-ring (bicyclic) bond motifs is 1. The van der Waals surface area contributed by atoms with Crippen LogP contribution in [0, 0.1) is 21.7 Å². The van der Waals surface area contributed by atoms with Gasteiger partial charge in [-0.3, -0.25) is 14.9 Å². The molecular formula is C21H13F2N5O4. The van der Waals surface area contributed by atoms with Gasteiger partial charge < -0.3 is 10.5 Å². The highest BCUT2D eigenvalue weighted by atomic mass is 19.1. The Kier molecular flexibility index (Phi) is 5.29. The van der Waals surface area contributed by atoms with Gasteiger partial charge in [-0.2, -0.15) is 4.73 Å². The summed E-state index contributed by atoms with van der Waals surface area (Å²) in [6.45, 7) is 0. The number of nitro groups is 1. The second kappa shape index (κ2) is 8.22. The lowest BCUT2D eigenvalue weighted by atomic mass is 10.2. The Morgan fingerprint density at radius 1 is 1.16 bits per heavy atom. The fraction of sp³-hybridized carbons (Fsp3) is 0. The van der Waals surface area contributed by atoms with Crippen LogP contribution in [0.2, 0.25) is 0 Å². The van der Waals surface area contributed by atoms with Crippen molar-refractivity contribution in [3.05, 3.63) is 88.1 Å². The molecule has 0 unspecified atom stereocenters. The highest BCUT2D eigenvalue weighted by Crippen LogP contribution is 2.26. The van der Waals surface area contributed by atoms with Gasteiger partial charge in [0.2, 0.25) is 5.91 Å². The summed E-state index contributed by atoms with van der Waals surface area (Å²) in [7, 11) is 0. The van der Waals surface area contributed by atoms with Crippen molar-refractivity contribution in [2.45, 2.75) is 0 Å². The molecule has 160 valence electrons. The maximum atomic E-state index is 13.6. The van der Waals surface area contributed by atoms with Crippen molar-refractivity contribution in [3.63, 3.8) is 0 Å². The van der Waals surface area contributed by atoms with Crippen LogP contribution in [0.1, 0.15) is 5.56 Å². The summed E-state index contributed by atoms with van der Waals surface area (Å²) in [5.74, 6) is -1.82. The summed E-state index contributed by atoms with van der Waals surface area (Å²) < 4.78 is 27.3. The van der Waals surface area contributed by atoms with Crippen LogP contribution in [0.4, 0.5) is 20.3 Å². The molecule has 2 heterocycles. The van der Waals surface area contributed by atoms with Crippen molar-refractivity contribution in [2.24, 2.45) is 0 Å². The number of carbonyl (C=O) groups is 1. The number of hydrogen-bond donors (Lipinski definition) is 2. The van der Waals surface area contributed by atoms with E-state index in [0.717, 1.165) is 16.9 Å². The lowest BCUT2D eigenvalue weighted by Crippen LogP contribution is -2.09. The number of carbonyl (C=O) groups excluding carboxylic acids is 1. The molecule has 0 spiro atoms. The fourth-order valence-electron chi connectivity index (χ4n) is 2.92. The van der Waals surface area contributed by atoms with Crippen molar-refractivity contribution in [1.82, 2.24) is 14.7 Å². The number of hydrogen-bond acceptors (Lipinski definition) is 6. The normalized spacial score (nSPS) is 11.2. The van der Waals surface area contributed by atoms with Crippen LogP contribution in [0.3, 0.4) is 0 Å². The van der Waals surface area contributed by atoms with E-state index in [2.05, 4.69) is 15.3 Å². The van der Waals surface area contributed by atoms with E-state index in [-0.39, 0.29) is 28.4 Å². The van der Waals surface area contributed by atoms with Crippen molar-refractivity contribution in [3.8, 4) is 11.4 Å². The predicted octanol–water partition coefficient (Wildman–Crippen LogP) is 4.17. The van der Waals surface area contributed by atoms with Crippen molar-refractivity contribution in [1.29, 1.82) is 0 Å². The van der Waals surface area contributed by atoms with Crippen molar-refractivity contribution >= 4 is 34.5 Å². The first kappa shape index (κ1) is 20.6. The topological polar surface area (TPSA) is 123 Å². The Bertz CT molecular complexity index is 1380. The third-order valence-electron chi connectivity index (χ3n) is 4.47. The molecular weight excluding hydrogens is 424 g/mol. The molecule has 2 N–H and O–H groups in total. The van der Waals surface area contributed by atoms with Crippen LogP contribution in [-0.2, 0) is 4.79 Å². The first-order valence-electron chi connectivity index (χ1n) is 9.08. The molecule has 4 rings (SSSR count). The fourth-order valence-corrected chi connectivity index (χ4v) is 2.92. The minimum atomic E-state index is -0.797. The van der Waals surface area contributed by atoms with E-state index in [0.29, 0.717) is 17.1 Å². The Hall–Kier alpha value is -4.67. The van der Waals surface area contributed by atoms with Gasteiger partial charge in [-0.1, -0.05) is 0 Å². The van der Waals surface area contributed by atoms with Crippen LogP contribution in [0.15, 0.2) is 60.8 Å². The van der Waals surface area contributed by atoms with Crippen LogP contribution >= 0.6 is 0 Å². The number of imidazole rings is 1. The standard InChI is InChI=1S/C21H13F2N5O4/c22-14-4-1-12(16(23)9-14)3-8-20(29)26-19-7-2-13(11-24-19)21-25-17-6-5-15(28(31)32)10-18(17)27(21)30/h1-11,30H,(H,24,26,29)/b8-3+. The number of rotatable bonds is 5. The van der Waals surface area contributed by atoms with E-state index in [4.69, 9.17) is 0 Å². The van der Waals surface area contributed by atoms with E-state index in [1.807, 2.05) is 0 Å². The lowest BCUT2D eigenvalue weighted by Gasteiger charge is -2.04. The zero-order chi connectivity index (χ0) is 22.8. The SMILES string of the molecule is O=C(/C=C/c1ccc(F)cc1F)Nc1ccc(-c2nc3ccc([N+](=O)[O-])cc3n2O)cn1. The number of anilines is 1. The maximum Gasteiger partial charge on any atom is 0.271 e. The van der Waals surface area contributed by atoms with Gasteiger partial charge in [-0.25, -0.2) is 18.7 Å². The molecule has 0 bridgehead atoms. The largest absolute Gasteiger partial charge is 0.426 e. The molecule has 4 aromatic rings. The zero-order valence-corrected chi connectivity index (χ0v) is 16.1. The van der Waals surface area contributed by atoms with E-state index in [1.165, 1.54) is 48.7 Å². The number of nitrogens with one attached hydrogen (secondary N) is 1. The first-order chi connectivity index (χ1) is 15.3. The number of aromatic nitrogens is 3. The Labute approximate surface area is 178 Å². The van der Waals surface area contributed by atoms with Gasteiger partial charge in [-0.05, 0) is 36.4 Å². The smallest absolute Gasteiger partial charge is 0.271 e. The van der Waals surface area contributed by atoms with Crippen LogP contribution in [0.25, 0.3) is 28.5 Å². The summed E-state index contributed by atoms with van der Waals surface area (Å²) in [4.78, 5) is 30.7. The Morgan fingerprint density at radius 3 is 2.66 bits per heavy atom. The van der Waals surface area contributed by atoms with E-state index >= 15 is 0 Å². The highest BCUT2D eigenvalue weighted by Gasteiger charge is 2.16. The molecule has 2 aromatic carbocycles. The van der Waals surface area contributed by atoms with Gasteiger partial charge in [0.1, 0.15) is 23.0 Å². The molecule has 0 atom stereocenters. The number of halogens is 2. The average molecular weight is 437 g/mol. The Morgan fingerprint density at radius 2 is 1.97 bits per heavy atom. The predicted molar refractivity (Wildman–Crippen MR) is 111 cm³/mol. The number of nitro benzene ring substituents is 1. The van der Waals surface area contributed by atoms with Crippen LogP contribution in [-0.4, -0.2) is 30.7 Å². The summed E-state index contributed by atoms with van der Waals surface area (Å²) >= 11 is 0. The summed E-state index contributed by atoms with van der Waals surface area (Å²) in [5.41, 5.74) is 0.762. The van der Waals surface area contributed by atoms with E-state index in [9.17, 15) is 28.9 Å². The van der Waals surface area contributed by atoms with Gasteiger partial charge >= 0.3 is 0 Å². The third-order valence-corrected chi connectivity index (χ3v) is 4.47. The molecule has 0 aliphatic carbocycles. The number of nitrogens with zero attached hydrogens (tertiary/aromatic N) is 4. The van der Waals surface area contributed by atoms with Gasteiger partial charge in [0.05, 0.1) is 10.4 Å². The molecule has 32 heavy (non-hydrogen) atoms. The zero-order valence-electron chi connectivity index (χ0n) is 16.1. The number of pyridine rings is 1. The van der Waals surface area contributed by atoms with Gasteiger partial charge in [0.15, 0.2) is 5.82 Å². The van der Waals surface area contributed by atoms with Crippen molar-refractivity contribution < 1.29 is 23.7 Å². The number of benzene rings is 2. The number of amides is 1. The van der Waals surface area contributed by atoms with E-state index in [1.54, 1.807) is 0 Å². The summed E-state index contributed by atoms with van der Waals surface area (Å²) in [5, 5.41) is 23.8. The second-order valence-electron chi connectivity index (χ2n) is 6.60. The second-order valence-corrected chi connectivity index (χ2v) is 6.60. The third kappa shape index (κ3) is 4.12. The minimum Gasteiger partial charge on any atom is -0.426 e. The van der Waals surface area contributed by atoms with Gasteiger partial charge in [0, 0.05) is 41.6 Å². The molecule has 0 aliphatic heterocycles. The average Bonchev–Trinajstić information content (AvgIpc) is 3.09. The molecule has 0 fully saturated rings. The van der Waals surface area contributed by atoms with Crippen LogP contribution in [0.5, 0.6) is 0 Å². The molecule has 11 heteroatoms. The summed E-state index contributed by atoms with van der Waals surface area (Å²) in [6, 6.07) is 9.89. The Balaban J connectivity index is 1.50. The van der Waals surface area contributed by atoms with Gasteiger partial charge in [-0.15, -0.1) is 0 Å². The molecule has 2 aromatic heterocycles. The molecule has 0 aliphatic rings. The monoisotopic (exact) mass is 437 g/mol. The molecule has 0 saturated carbocycles. The van der Waals surface area contributed by atoms with Crippen LogP contribution < -0.4 is 5.32 Å². The van der Waals surface area contributed by atoms with Crippen molar-refractivity contribution in [2.75, 3.05) is 5.32 Å². The molecule has 0 saturated heterocycles. The lowest BCUT2D eigenvalue weighted by molar-refractivity contribution is -0.384. The van der Waals surface area contributed by atoms with Gasteiger partial charge in [0.25, 0.3) is 5.69 Å². The highest BCUT2D eigenvalue weighted by molar-refractivity contribution is 6.01. The quantitative estimate of drug-likeness (QED) is 0.209.